The summed E-state index contributed by atoms with van der Waals surface area (Å²) in [6.07, 6.45) is 0. The summed E-state index contributed by atoms with van der Waals surface area (Å²) in [5.41, 5.74) is -0.384. The standard InChI is InChI=1S/C7H6F3NO3S/c8-5-3-4(1-2-6(5)12)11-15(13,14)7(9)10/h1-3,7,11-12H. The molecule has 0 aliphatic rings. The molecule has 1 aromatic rings. The Morgan fingerprint density at radius 1 is 1.33 bits per heavy atom. The van der Waals surface area contributed by atoms with Crippen molar-refractivity contribution in [2.24, 2.45) is 0 Å². The van der Waals surface area contributed by atoms with Crippen molar-refractivity contribution in [1.82, 2.24) is 0 Å². The van der Waals surface area contributed by atoms with Gasteiger partial charge in [-0.25, -0.2) is 12.8 Å². The van der Waals surface area contributed by atoms with Crippen molar-refractivity contribution in [3.63, 3.8) is 0 Å². The number of phenols is 1. The van der Waals surface area contributed by atoms with Gasteiger partial charge in [-0.2, -0.15) is 8.78 Å². The van der Waals surface area contributed by atoms with Crippen LogP contribution in [-0.2, 0) is 10.0 Å². The van der Waals surface area contributed by atoms with E-state index in [1.807, 2.05) is 0 Å². The van der Waals surface area contributed by atoms with Crippen molar-refractivity contribution >= 4 is 15.7 Å². The second-order valence-corrected chi connectivity index (χ2v) is 4.22. The van der Waals surface area contributed by atoms with Gasteiger partial charge in [-0.1, -0.05) is 0 Å². The number of hydrogen-bond donors (Lipinski definition) is 2. The maximum atomic E-state index is 12.7. The van der Waals surface area contributed by atoms with Crippen LogP contribution in [0.3, 0.4) is 0 Å². The molecule has 0 aliphatic carbocycles. The van der Waals surface area contributed by atoms with E-state index in [2.05, 4.69) is 0 Å². The fourth-order valence-electron chi connectivity index (χ4n) is 0.779. The van der Waals surface area contributed by atoms with Gasteiger partial charge in [-0.05, 0) is 12.1 Å². The molecule has 1 rings (SSSR count). The van der Waals surface area contributed by atoms with Gasteiger partial charge in [-0.15, -0.1) is 0 Å². The number of alkyl halides is 2. The molecular formula is C7H6F3NO3S. The molecule has 0 atom stereocenters. The first kappa shape index (κ1) is 11.6. The van der Waals surface area contributed by atoms with Crippen LogP contribution >= 0.6 is 0 Å². The van der Waals surface area contributed by atoms with Crippen LogP contribution in [0.4, 0.5) is 18.9 Å². The number of rotatable bonds is 3. The summed E-state index contributed by atoms with van der Waals surface area (Å²) >= 11 is 0. The van der Waals surface area contributed by atoms with E-state index in [4.69, 9.17) is 5.11 Å². The number of phenolic OH excluding ortho intramolecular Hbond substituents is 1. The van der Waals surface area contributed by atoms with Crippen LogP contribution in [0.1, 0.15) is 0 Å². The highest BCUT2D eigenvalue weighted by Crippen LogP contribution is 2.21. The molecular weight excluding hydrogens is 235 g/mol. The zero-order valence-corrected chi connectivity index (χ0v) is 7.93. The highest BCUT2D eigenvalue weighted by molar-refractivity contribution is 7.93. The molecule has 2 N–H and O–H groups in total. The summed E-state index contributed by atoms with van der Waals surface area (Å²) in [5.74, 6) is -5.41. The van der Waals surface area contributed by atoms with Crippen LogP contribution in [0.15, 0.2) is 18.2 Å². The van der Waals surface area contributed by atoms with Gasteiger partial charge in [0.1, 0.15) is 0 Å². The van der Waals surface area contributed by atoms with Crippen molar-refractivity contribution in [3.05, 3.63) is 24.0 Å². The molecule has 0 radical (unpaired) electrons. The van der Waals surface area contributed by atoms with Crippen LogP contribution in [0.2, 0.25) is 0 Å². The third-order valence-electron chi connectivity index (χ3n) is 1.44. The molecule has 0 saturated heterocycles. The molecule has 1 aromatic carbocycles. The Bertz CT molecular complexity index is 461. The number of aromatic hydroxyl groups is 1. The van der Waals surface area contributed by atoms with E-state index in [0.29, 0.717) is 6.07 Å². The van der Waals surface area contributed by atoms with Gasteiger partial charge in [-0.3, -0.25) is 4.72 Å². The minimum Gasteiger partial charge on any atom is -0.505 e. The van der Waals surface area contributed by atoms with Gasteiger partial charge in [0.05, 0.1) is 5.69 Å². The summed E-state index contributed by atoms with van der Waals surface area (Å²) in [7, 11) is -4.81. The molecule has 0 saturated carbocycles. The summed E-state index contributed by atoms with van der Waals surface area (Å²) < 4.78 is 59.2. The first-order valence-electron chi connectivity index (χ1n) is 3.61. The molecule has 0 bridgehead atoms. The summed E-state index contributed by atoms with van der Waals surface area (Å²) in [6, 6.07) is 2.40. The van der Waals surface area contributed by atoms with Crippen LogP contribution in [0, 0.1) is 5.82 Å². The first-order valence-corrected chi connectivity index (χ1v) is 5.16. The molecule has 0 aliphatic heterocycles. The Kier molecular flexibility index (Phi) is 3.08. The van der Waals surface area contributed by atoms with Gasteiger partial charge in [0.15, 0.2) is 11.6 Å². The van der Waals surface area contributed by atoms with Crippen LogP contribution < -0.4 is 4.72 Å². The van der Waals surface area contributed by atoms with Crippen molar-refractivity contribution in [3.8, 4) is 5.75 Å². The Morgan fingerprint density at radius 3 is 2.40 bits per heavy atom. The SMILES string of the molecule is O=S(=O)(Nc1ccc(O)c(F)c1)C(F)F. The number of benzene rings is 1. The van der Waals surface area contributed by atoms with Crippen LogP contribution in [0.25, 0.3) is 0 Å². The lowest BCUT2D eigenvalue weighted by Crippen LogP contribution is -2.20. The predicted octanol–water partition coefficient (Wildman–Crippen LogP) is 1.50. The van der Waals surface area contributed by atoms with Gasteiger partial charge in [0.2, 0.25) is 0 Å². The number of sulfonamides is 1. The molecule has 0 aromatic heterocycles. The van der Waals surface area contributed by atoms with Crippen LogP contribution in [-0.4, -0.2) is 19.3 Å². The molecule has 4 nitrogen and oxygen atoms in total. The minimum atomic E-state index is -4.81. The monoisotopic (exact) mass is 241 g/mol. The van der Waals surface area contributed by atoms with E-state index in [-0.39, 0.29) is 5.69 Å². The van der Waals surface area contributed by atoms with Gasteiger partial charge in [0.25, 0.3) is 10.0 Å². The predicted molar refractivity (Wildman–Crippen MR) is 46.6 cm³/mol. The topological polar surface area (TPSA) is 66.4 Å². The van der Waals surface area contributed by atoms with Gasteiger partial charge >= 0.3 is 5.76 Å². The Balaban J connectivity index is 2.96. The number of halogens is 3. The lowest BCUT2D eigenvalue weighted by molar-refractivity contribution is 0.236. The quantitative estimate of drug-likeness (QED) is 0.788. The molecule has 15 heavy (non-hydrogen) atoms. The largest absolute Gasteiger partial charge is 0.505 e. The molecule has 8 heteroatoms. The average Bonchev–Trinajstić information content (AvgIpc) is 2.10. The molecule has 0 spiro atoms. The van der Waals surface area contributed by atoms with Gasteiger partial charge < -0.3 is 5.11 Å². The fraction of sp³-hybridized carbons (Fsp3) is 0.143. The summed E-state index contributed by atoms with van der Waals surface area (Å²) in [6.45, 7) is 0. The zero-order chi connectivity index (χ0) is 11.6. The zero-order valence-electron chi connectivity index (χ0n) is 7.12. The normalized spacial score (nSPS) is 11.7. The van der Waals surface area contributed by atoms with Crippen molar-refractivity contribution < 1.29 is 26.7 Å². The van der Waals surface area contributed by atoms with Crippen molar-refractivity contribution in [1.29, 1.82) is 0 Å². The van der Waals surface area contributed by atoms with E-state index in [9.17, 15) is 21.6 Å². The maximum Gasteiger partial charge on any atom is 0.355 e. The third-order valence-corrected chi connectivity index (χ3v) is 2.43. The van der Waals surface area contributed by atoms with Gasteiger partial charge in [0, 0.05) is 6.07 Å². The van der Waals surface area contributed by atoms with E-state index >= 15 is 0 Å². The smallest absolute Gasteiger partial charge is 0.355 e. The fourth-order valence-corrected chi connectivity index (χ4v) is 1.32. The molecule has 0 fully saturated rings. The Morgan fingerprint density at radius 2 is 1.93 bits per heavy atom. The maximum absolute atomic E-state index is 12.7. The first-order chi connectivity index (χ1) is 6.83. The van der Waals surface area contributed by atoms with E-state index < -0.39 is 27.3 Å². The van der Waals surface area contributed by atoms with Crippen molar-refractivity contribution in [2.75, 3.05) is 4.72 Å². The van der Waals surface area contributed by atoms with Crippen LogP contribution in [0.5, 0.6) is 5.75 Å². The number of anilines is 1. The summed E-state index contributed by atoms with van der Waals surface area (Å²) in [5, 5.41) is 8.75. The number of nitrogens with one attached hydrogen (secondary N) is 1. The minimum absolute atomic E-state index is 0.384. The lowest BCUT2D eigenvalue weighted by atomic mass is 10.3. The second-order valence-electron chi connectivity index (χ2n) is 2.57. The molecule has 0 heterocycles. The van der Waals surface area contributed by atoms with Crippen molar-refractivity contribution in [2.45, 2.75) is 5.76 Å². The molecule has 0 amide bonds. The van der Waals surface area contributed by atoms with E-state index in [0.717, 1.165) is 12.1 Å². The lowest BCUT2D eigenvalue weighted by Gasteiger charge is -2.06. The second kappa shape index (κ2) is 3.97. The number of hydrogen-bond acceptors (Lipinski definition) is 3. The van der Waals surface area contributed by atoms with E-state index in [1.54, 1.807) is 0 Å². The Labute approximate surface area is 83.4 Å². The molecule has 0 unspecified atom stereocenters. The molecule has 84 valence electrons. The average molecular weight is 241 g/mol. The third kappa shape index (κ3) is 2.75. The van der Waals surface area contributed by atoms with E-state index in [1.165, 1.54) is 4.72 Å². The highest BCUT2D eigenvalue weighted by Gasteiger charge is 2.23. The summed E-state index contributed by atoms with van der Waals surface area (Å²) in [4.78, 5) is 0. The Hall–Kier alpha value is -1.44. The highest BCUT2D eigenvalue weighted by atomic mass is 32.2.